The van der Waals surface area contributed by atoms with Crippen LogP contribution in [-0.2, 0) is 4.74 Å². The standard InChI is InChI=1S/C7H9F3O2/c1-4(7(8,9)10)5-2-12-3-6(5)11/h5-6,11H,1-3H2/t5-,6+/m0/s1. The van der Waals surface area contributed by atoms with Crippen LogP contribution in [0.5, 0.6) is 0 Å². The average Bonchev–Trinajstić information content (AvgIpc) is 2.31. The lowest BCUT2D eigenvalue weighted by atomic mass is 9.97. The van der Waals surface area contributed by atoms with Gasteiger partial charge < -0.3 is 9.84 Å². The van der Waals surface area contributed by atoms with Crippen molar-refractivity contribution >= 4 is 0 Å². The molecule has 70 valence electrons. The molecule has 1 fully saturated rings. The number of aliphatic hydroxyl groups is 1. The Kier molecular flexibility index (Phi) is 2.44. The Labute approximate surface area is 67.6 Å². The first kappa shape index (κ1) is 9.54. The minimum absolute atomic E-state index is 0.0419. The quantitative estimate of drug-likeness (QED) is 0.615. The zero-order valence-corrected chi connectivity index (χ0v) is 6.27. The van der Waals surface area contributed by atoms with Gasteiger partial charge in [-0.15, -0.1) is 0 Å². The van der Waals surface area contributed by atoms with Crippen LogP contribution in [0, 0.1) is 5.92 Å². The fourth-order valence-corrected chi connectivity index (χ4v) is 1.09. The van der Waals surface area contributed by atoms with Crippen molar-refractivity contribution in [2.24, 2.45) is 5.92 Å². The van der Waals surface area contributed by atoms with Crippen molar-refractivity contribution in [2.75, 3.05) is 13.2 Å². The van der Waals surface area contributed by atoms with E-state index in [9.17, 15) is 13.2 Å². The van der Waals surface area contributed by atoms with Crippen LogP contribution >= 0.6 is 0 Å². The summed E-state index contributed by atoms with van der Waals surface area (Å²) in [6, 6.07) is 0. The molecule has 0 aromatic carbocycles. The maximum atomic E-state index is 12.0. The van der Waals surface area contributed by atoms with E-state index in [1.165, 1.54) is 0 Å². The van der Waals surface area contributed by atoms with Crippen LogP contribution in [0.2, 0.25) is 0 Å². The van der Waals surface area contributed by atoms with Crippen molar-refractivity contribution in [3.63, 3.8) is 0 Å². The number of aliphatic hydroxyl groups excluding tert-OH is 1. The molecule has 1 heterocycles. The van der Waals surface area contributed by atoms with E-state index in [1.807, 2.05) is 0 Å². The van der Waals surface area contributed by atoms with E-state index in [4.69, 9.17) is 5.11 Å². The van der Waals surface area contributed by atoms with Gasteiger partial charge in [-0.3, -0.25) is 0 Å². The van der Waals surface area contributed by atoms with Crippen LogP contribution in [0.15, 0.2) is 12.2 Å². The molecule has 1 N–H and O–H groups in total. The highest BCUT2D eigenvalue weighted by molar-refractivity contribution is 5.11. The van der Waals surface area contributed by atoms with Gasteiger partial charge in [0.15, 0.2) is 0 Å². The van der Waals surface area contributed by atoms with Crippen molar-refractivity contribution in [3.8, 4) is 0 Å². The fraction of sp³-hybridized carbons (Fsp3) is 0.714. The molecule has 0 radical (unpaired) electrons. The lowest BCUT2D eigenvalue weighted by Gasteiger charge is -2.17. The molecule has 2 atom stereocenters. The summed E-state index contributed by atoms with van der Waals surface area (Å²) in [6.45, 7) is 2.75. The van der Waals surface area contributed by atoms with Crippen LogP contribution in [0.1, 0.15) is 0 Å². The predicted octanol–water partition coefficient (Wildman–Crippen LogP) is 1.11. The summed E-state index contributed by atoms with van der Waals surface area (Å²) in [6.07, 6.45) is -5.50. The lowest BCUT2D eigenvalue weighted by molar-refractivity contribution is -0.102. The van der Waals surface area contributed by atoms with Crippen molar-refractivity contribution in [2.45, 2.75) is 12.3 Å². The SMILES string of the molecule is C=C([C@@H]1COC[C@H]1O)C(F)(F)F. The van der Waals surface area contributed by atoms with Crippen molar-refractivity contribution in [1.82, 2.24) is 0 Å². The molecule has 0 aromatic rings. The van der Waals surface area contributed by atoms with Gasteiger partial charge >= 0.3 is 6.18 Å². The first-order chi connectivity index (χ1) is 5.43. The van der Waals surface area contributed by atoms with E-state index in [-0.39, 0.29) is 13.2 Å². The van der Waals surface area contributed by atoms with Crippen molar-refractivity contribution in [1.29, 1.82) is 0 Å². The predicted molar refractivity (Wildman–Crippen MR) is 35.5 cm³/mol. The third kappa shape index (κ3) is 1.78. The van der Waals surface area contributed by atoms with Gasteiger partial charge in [-0.2, -0.15) is 13.2 Å². The van der Waals surface area contributed by atoms with Gasteiger partial charge in [0.25, 0.3) is 0 Å². The summed E-state index contributed by atoms with van der Waals surface area (Å²) in [4.78, 5) is 0. The third-order valence-electron chi connectivity index (χ3n) is 1.86. The molecule has 5 heteroatoms. The van der Waals surface area contributed by atoms with Crippen molar-refractivity contribution < 1.29 is 23.0 Å². The van der Waals surface area contributed by atoms with Crippen LogP contribution in [0.4, 0.5) is 13.2 Å². The second-order valence-electron chi connectivity index (χ2n) is 2.73. The maximum Gasteiger partial charge on any atom is 0.412 e. The zero-order valence-electron chi connectivity index (χ0n) is 6.27. The Hall–Kier alpha value is -0.550. The number of rotatable bonds is 1. The molecular weight excluding hydrogens is 173 g/mol. The molecule has 0 bridgehead atoms. The lowest BCUT2D eigenvalue weighted by Crippen LogP contribution is -2.27. The topological polar surface area (TPSA) is 29.5 Å². The van der Waals surface area contributed by atoms with E-state index in [0.29, 0.717) is 0 Å². The van der Waals surface area contributed by atoms with Crippen molar-refractivity contribution in [3.05, 3.63) is 12.2 Å². The highest BCUT2D eigenvalue weighted by Gasteiger charge is 2.42. The van der Waals surface area contributed by atoms with Crippen LogP contribution < -0.4 is 0 Å². The van der Waals surface area contributed by atoms with E-state index < -0.39 is 23.8 Å². The molecule has 0 aliphatic carbocycles. The smallest absolute Gasteiger partial charge is 0.390 e. The van der Waals surface area contributed by atoms with E-state index in [1.54, 1.807) is 0 Å². The summed E-state index contributed by atoms with van der Waals surface area (Å²) >= 11 is 0. The molecule has 1 aliphatic rings. The number of halogens is 3. The maximum absolute atomic E-state index is 12.0. The van der Waals surface area contributed by atoms with Crippen LogP contribution in [0.25, 0.3) is 0 Å². The summed E-state index contributed by atoms with van der Waals surface area (Å²) in [5.41, 5.74) is -0.910. The average molecular weight is 182 g/mol. The number of ether oxygens (including phenoxy) is 1. The van der Waals surface area contributed by atoms with E-state index in [2.05, 4.69) is 11.3 Å². The Morgan fingerprint density at radius 1 is 1.42 bits per heavy atom. The Morgan fingerprint density at radius 3 is 2.33 bits per heavy atom. The number of hydrogen-bond donors (Lipinski definition) is 1. The normalized spacial score (nSPS) is 30.7. The highest BCUT2D eigenvalue weighted by atomic mass is 19.4. The molecule has 0 spiro atoms. The first-order valence-electron chi connectivity index (χ1n) is 3.44. The zero-order chi connectivity index (χ0) is 9.35. The molecule has 1 saturated heterocycles. The molecular formula is C7H9F3O2. The molecule has 0 amide bonds. The molecule has 1 rings (SSSR count). The third-order valence-corrected chi connectivity index (χ3v) is 1.86. The van der Waals surface area contributed by atoms with Crippen LogP contribution in [0.3, 0.4) is 0 Å². The summed E-state index contributed by atoms with van der Waals surface area (Å²) in [5, 5.41) is 9.04. The van der Waals surface area contributed by atoms with Gasteiger partial charge in [-0.25, -0.2) is 0 Å². The summed E-state index contributed by atoms with van der Waals surface area (Å²) in [5.74, 6) is -0.995. The van der Waals surface area contributed by atoms with Gasteiger partial charge in [-0.05, 0) is 0 Å². The Morgan fingerprint density at radius 2 is 2.00 bits per heavy atom. The monoisotopic (exact) mass is 182 g/mol. The largest absolute Gasteiger partial charge is 0.412 e. The summed E-state index contributed by atoms with van der Waals surface area (Å²) < 4.78 is 40.7. The first-order valence-corrected chi connectivity index (χ1v) is 3.44. The number of alkyl halides is 3. The second-order valence-corrected chi connectivity index (χ2v) is 2.73. The molecule has 0 unspecified atom stereocenters. The van der Waals surface area contributed by atoms with E-state index in [0.717, 1.165) is 0 Å². The molecule has 0 saturated carbocycles. The van der Waals surface area contributed by atoms with Gasteiger partial charge in [0.05, 0.1) is 19.3 Å². The van der Waals surface area contributed by atoms with Crippen LogP contribution in [-0.4, -0.2) is 30.6 Å². The number of hydrogen-bond acceptors (Lipinski definition) is 2. The minimum atomic E-state index is -4.43. The Bertz CT molecular complexity index is 188. The van der Waals surface area contributed by atoms with Gasteiger partial charge in [0.1, 0.15) is 0 Å². The second kappa shape index (κ2) is 3.06. The van der Waals surface area contributed by atoms with E-state index >= 15 is 0 Å². The minimum Gasteiger partial charge on any atom is -0.390 e. The highest BCUT2D eigenvalue weighted by Crippen LogP contribution is 2.33. The van der Waals surface area contributed by atoms with Gasteiger partial charge in [-0.1, -0.05) is 6.58 Å². The Balaban J connectivity index is 2.64. The fourth-order valence-electron chi connectivity index (χ4n) is 1.09. The molecule has 0 aromatic heterocycles. The molecule has 12 heavy (non-hydrogen) atoms. The van der Waals surface area contributed by atoms with Gasteiger partial charge in [0.2, 0.25) is 0 Å². The molecule has 1 aliphatic heterocycles. The molecule has 2 nitrogen and oxygen atoms in total. The summed E-state index contributed by atoms with van der Waals surface area (Å²) in [7, 11) is 0. The van der Waals surface area contributed by atoms with Gasteiger partial charge in [0, 0.05) is 11.5 Å².